The number of halogens is 1. The van der Waals surface area contributed by atoms with Gasteiger partial charge in [-0.2, -0.15) is 0 Å². The van der Waals surface area contributed by atoms with Gasteiger partial charge in [0.1, 0.15) is 5.75 Å². The zero-order valence-corrected chi connectivity index (χ0v) is 20.0. The molecule has 0 saturated carbocycles. The van der Waals surface area contributed by atoms with Crippen molar-refractivity contribution in [1.29, 1.82) is 0 Å². The summed E-state index contributed by atoms with van der Waals surface area (Å²) in [7, 11) is 3.58. The van der Waals surface area contributed by atoms with Crippen LogP contribution in [0.1, 0.15) is 17.6 Å². The number of aliphatic imine (C=N–C) groups is 1. The van der Waals surface area contributed by atoms with E-state index in [0.29, 0.717) is 0 Å². The van der Waals surface area contributed by atoms with E-state index < -0.39 is 0 Å². The van der Waals surface area contributed by atoms with Gasteiger partial charge in [-0.3, -0.25) is 4.99 Å². The number of aryl methyl sites for hydroxylation is 1. The first-order valence-electron chi connectivity index (χ1n) is 9.52. The van der Waals surface area contributed by atoms with E-state index in [2.05, 4.69) is 49.5 Å². The van der Waals surface area contributed by atoms with E-state index in [9.17, 15) is 0 Å². The molecule has 0 aliphatic carbocycles. The molecule has 1 saturated heterocycles. The van der Waals surface area contributed by atoms with Crippen molar-refractivity contribution in [3.8, 4) is 5.75 Å². The van der Waals surface area contributed by atoms with Gasteiger partial charge < -0.3 is 19.9 Å². The molecule has 3 rings (SSSR count). The van der Waals surface area contributed by atoms with E-state index >= 15 is 0 Å². The molecule has 0 radical (unpaired) electrons. The normalized spacial score (nSPS) is 14.6. The number of anilines is 1. The number of aromatic nitrogens is 1. The molecule has 1 aromatic heterocycles. The minimum atomic E-state index is 0. The number of piperazine rings is 1. The van der Waals surface area contributed by atoms with Crippen molar-refractivity contribution in [2.75, 3.05) is 51.8 Å². The molecule has 0 spiro atoms. The summed E-state index contributed by atoms with van der Waals surface area (Å²) in [6.45, 7) is 6.78. The van der Waals surface area contributed by atoms with Crippen molar-refractivity contribution in [1.82, 2.24) is 15.2 Å². The monoisotopic (exact) mass is 515 g/mol. The van der Waals surface area contributed by atoms with Crippen LogP contribution < -0.4 is 15.0 Å². The van der Waals surface area contributed by atoms with E-state index in [-0.39, 0.29) is 24.0 Å². The van der Waals surface area contributed by atoms with Crippen LogP contribution in [0.5, 0.6) is 5.75 Å². The predicted octanol–water partition coefficient (Wildman–Crippen LogP) is 3.27. The molecule has 1 N–H and O–H groups in total. The van der Waals surface area contributed by atoms with Crippen molar-refractivity contribution in [2.45, 2.75) is 19.8 Å². The molecule has 0 bridgehead atoms. The highest BCUT2D eigenvalue weighted by Gasteiger charge is 2.21. The molecule has 1 aliphatic heterocycles. The van der Waals surface area contributed by atoms with Crippen LogP contribution in [-0.2, 0) is 12.8 Å². The zero-order valence-electron chi connectivity index (χ0n) is 16.9. The maximum atomic E-state index is 5.50. The lowest BCUT2D eigenvalue weighted by Crippen LogP contribution is -2.52. The second-order valence-electron chi connectivity index (χ2n) is 6.46. The van der Waals surface area contributed by atoms with Gasteiger partial charge >= 0.3 is 0 Å². The number of hydrogen-bond donors (Lipinski definition) is 1. The molecule has 8 heteroatoms. The number of guanidine groups is 1. The van der Waals surface area contributed by atoms with E-state index in [1.807, 2.05) is 19.2 Å². The Balaban J connectivity index is 0.00000280. The summed E-state index contributed by atoms with van der Waals surface area (Å²) in [6, 6.07) is 8.22. The third kappa shape index (κ3) is 5.73. The SMILES string of the molecule is CCc1nc(CCNC(=NC)N2CCN(c3ccccc3OC)CC2)cs1.I. The summed E-state index contributed by atoms with van der Waals surface area (Å²) >= 11 is 1.75. The lowest BCUT2D eigenvalue weighted by Gasteiger charge is -2.38. The number of ether oxygens (including phenoxy) is 1. The van der Waals surface area contributed by atoms with E-state index in [4.69, 9.17) is 4.74 Å². The van der Waals surface area contributed by atoms with Gasteiger partial charge in [0.05, 0.1) is 23.5 Å². The van der Waals surface area contributed by atoms with Gasteiger partial charge in [-0.05, 0) is 18.6 Å². The van der Waals surface area contributed by atoms with E-state index in [1.165, 1.54) is 10.7 Å². The van der Waals surface area contributed by atoms with Gasteiger partial charge in [0.15, 0.2) is 5.96 Å². The van der Waals surface area contributed by atoms with Crippen LogP contribution in [0.3, 0.4) is 0 Å². The van der Waals surface area contributed by atoms with E-state index in [0.717, 1.165) is 63.0 Å². The number of nitrogens with one attached hydrogen (secondary N) is 1. The Hall–Kier alpha value is -1.55. The van der Waals surface area contributed by atoms with Crippen molar-refractivity contribution in [3.63, 3.8) is 0 Å². The van der Waals surface area contributed by atoms with Crippen LogP contribution >= 0.6 is 35.3 Å². The number of rotatable bonds is 6. The molecular formula is C20H30IN5OS. The van der Waals surface area contributed by atoms with Crippen LogP contribution in [0.2, 0.25) is 0 Å². The molecule has 2 aromatic rings. The second kappa shape index (κ2) is 11.5. The number of para-hydroxylation sites is 2. The number of benzene rings is 1. The molecule has 1 aliphatic rings. The first-order chi connectivity index (χ1) is 13.2. The van der Waals surface area contributed by atoms with E-state index in [1.54, 1.807) is 18.4 Å². The highest BCUT2D eigenvalue weighted by atomic mass is 127. The fourth-order valence-corrected chi connectivity index (χ4v) is 4.09. The molecule has 154 valence electrons. The van der Waals surface area contributed by atoms with Gasteiger partial charge in [-0.1, -0.05) is 19.1 Å². The van der Waals surface area contributed by atoms with Crippen molar-refractivity contribution in [3.05, 3.63) is 40.3 Å². The molecule has 2 heterocycles. The summed E-state index contributed by atoms with van der Waals surface area (Å²) in [4.78, 5) is 13.8. The summed E-state index contributed by atoms with van der Waals surface area (Å²) in [5, 5.41) is 6.86. The molecule has 1 fully saturated rings. The number of hydrogen-bond acceptors (Lipinski definition) is 5. The average Bonchev–Trinajstić information content (AvgIpc) is 3.19. The minimum absolute atomic E-state index is 0. The fourth-order valence-electron chi connectivity index (χ4n) is 3.31. The maximum Gasteiger partial charge on any atom is 0.193 e. The lowest BCUT2D eigenvalue weighted by atomic mass is 10.2. The predicted molar refractivity (Wildman–Crippen MR) is 129 cm³/mol. The van der Waals surface area contributed by atoms with Gasteiger partial charge in [-0.25, -0.2) is 4.98 Å². The summed E-state index contributed by atoms with van der Waals surface area (Å²) in [5.41, 5.74) is 2.33. The number of nitrogens with zero attached hydrogens (tertiary/aromatic N) is 4. The van der Waals surface area contributed by atoms with Crippen molar-refractivity contribution >= 4 is 47.0 Å². The summed E-state index contributed by atoms with van der Waals surface area (Å²) in [6.07, 6.45) is 1.94. The van der Waals surface area contributed by atoms with Crippen LogP contribution in [-0.4, -0.2) is 62.7 Å². The summed E-state index contributed by atoms with van der Waals surface area (Å²) in [5.74, 6) is 1.91. The Labute approximate surface area is 189 Å². The quantitative estimate of drug-likeness (QED) is 0.364. The average molecular weight is 515 g/mol. The Morgan fingerprint density at radius 1 is 1.25 bits per heavy atom. The highest BCUT2D eigenvalue weighted by Crippen LogP contribution is 2.28. The Bertz CT molecular complexity index is 759. The Morgan fingerprint density at radius 3 is 2.64 bits per heavy atom. The van der Waals surface area contributed by atoms with Gasteiger partial charge in [-0.15, -0.1) is 35.3 Å². The first-order valence-corrected chi connectivity index (χ1v) is 10.4. The smallest absolute Gasteiger partial charge is 0.193 e. The fraction of sp³-hybridized carbons (Fsp3) is 0.500. The van der Waals surface area contributed by atoms with Crippen LogP contribution in [0.25, 0.3) is 0 Å². The molecular weight excluding hydrogens is 485 g/mol. The Kier molecular flexibility index (Phi) is 9.30. The standard InChI is InChI=1S/C20H29N5OS.HI/c1-4-19-23-16(15-27-19)9-10-22-20(21-2)25-13-11-24(12-14-25)17-7-5-6-8-18(17)26-3;/h5-8,15H,4,9-14H2,1-3H3,(H,21,22);1H. The van der Waals surface area contributed by atoms with Crippen molar-refractivity contribution < 1.29 is 4.74 Å². The third-order valence-corrected chi connectivity index (χ3v) is 5.82. The third-order valence-electron chi connectivity index (χ3n) is 4.78. The number of thiazole rings is 1. The molecule has 0 atom stereocenters. The maximum absolute atomic E-state index is 5.50. The topological polar surface area (TPSA) is 53.0 Å². The minimum Gasteiger partial charge on any atom is -0.495 e. The van der Waals surface area contributed by atoms with Gasteiger partial charge in [0, 0.05) is 51.6 Å². The van der Waals surface area contributed by atoms with Gasteiger partial charge in [0.25, 0.3) is 0 Å². The zero-order chi connectivity index (χ0) is 19.1. The molecule has 0 unspecified atom stereocenters. The molecule has 1 aromatic carbocycles. The molecule has 6 nitrogen and oxygen atoms in total. The Morgan fingerprint density at radius 2 is 2.00 bits per heavy atom. The van der Waals surface area contributed by atoms with Crippen LogP contribution in [0, 0.1) is 0 Å². The molecule has 0 amide bonds. The first kappa shape index (κ1) is 22.7. The number of methoxy groups -OCH3 is 1. The molecule has 28 heavy (non-hydrogen) atoms. The van der Waals surface area contributed by atoms with Crippen LogP contribution in [0.4, 0.5) is 5.69 Å². The lowest BCUT2D eigenvalue weighted by molar-refractivity contribution is 0.367. The summed E-state index contributed by atoms with van der Waals surface area (Å²) < 4.78 is 5.50. The highest BCUT2D eigenvalue weighted by molar-refractivity contribution is 14.0. The van der Waals surface area contributed by atoms with Crippen molar-refractivity contribution in [2.24, 2.45) is 4.99 Å². The second-order valence-corrected chi connectivity index (χ2v) is 7.40. The van der Waals surface area contributed by atoms with Gasteiger partial charge in [0.2, 0.25) is 0 Å². The largest absolute Gasteiger partial charge is 0.495 e. The van der Waals surface area contributed by atoms with Crippen LogP contribution in [0.15, 0.2) is 34.6 Å².